The summed E-state index contributed by atoms with van der Waals surface area (Å²) in [6, 6.07) is 20.4. The van der Waals surface area contributed by atoms with Gasteiger partial charge in [0.25, 0.3) is 5.91 Å². The summed E-state index contributed by atoms with van der Waals surface area (Å²) in [6.45, 7) is 5.48. The molecular weight excluding hydrogens is 563 g/mol. The summed E-state index contributed by atoms with van der Waals surface area (Å²) in [6.07, 6.45) is 0. The lowest BCUT2D eigenvalue weighted by Crippen LogP contribution is -2.62. The quantitative estimate of drug-likeness (QED) is 0.337. The maximum absolute atomic E-state index is 14.8. The number of hydrogen-bond donors (Lipinski definition) is 3. The van der Waals surface area contributed by atoms with Crippen LogP contribution in [0.15, 0.2) is 66.7 Å². The minimum absolute atomic E-state index is 0.0934. The molecule has 8 nitrogen and oxygen atoms in total. The lowest BCUT2D eigenvalue weighted by molar-refractivity contribution is -0.141. The van der Waals surface area contributed by atoms with E-state index < -0.39 is 5.66 Å². The molecule has 3 aromatic carbocycles. The second-order valence-corrected chi connectivity index (χ2v) is 11.1. The number of halogens is 2. The number of β-amino-alcohol motifs (C(OH)–C–C–N with tert-alkyl or cyclic N) is 1. The number of carbonyl (C=O) groups is 1. The van der Waals surface area contributed by atoms with Gasteiger partial charge in [0, 0.05) is 54.4 Å². The van der Waals surface area contributed by atoms with Crippen molar-refractivity contribution in [1.29, 1.82) is 0 Å². The van der Waals surface area contributed by atoms with Gasteiger partial charge >= 0.3 is 0 Å². The molecule has 0 spiro atoms. The number of aliphatic hydroxyl groups is 1. The van der Waals surface area contributed by atoms with Gasteiger partial charge in [0.05, 0.1) is 32.4 Å². The Morgan fingerprint density at radius 1 is 0.927 bits per heavy atom. The Balaban J connectivity index is 1.63. The Kier molecular flexibility index (Phi) is 9.38. The van der Waals surface area contributed by atoms with Crippen LogP contribution in [-0.4, -0.2) is 73.9 Å². The second-order valence-electron chi connectivity index (χ2n) is 10.2. The van der Waals surface area contributed by atoms with E-state index in [1.807, 2.05) is 78.6 Å². The zero-order valence-electron chi connectivity index (χ0n) is 23.3. The van der Waals surface area contributed by atoms with E-state index in [-0.39, 0.29) is 24.6 Å². The predicted molar refractivity (Wildman–Crippen MR) is 161 cm³/mol. The highest BCUT2D eigenvalue weighted by Crippen LogP contribution is 2.45. The SMILES string of the molecule is CCOc1cc(OC)ccc1C1(C(=O)N2CCN(CCO)CC2)NC(c2ccc(Cl)cc2)C(c2ccc(Cl)cc2)N1. The Hall–Kier alpha value is -2.85. The monoisotopic (exact) mass is 598 g/mol. The van der Waals surface area contributed by atoms with E-state index in [4.69, 9.17) is 32.7 Å². The zero-order valence-corrected chi connectivity index (χ0v) is 24.8. The number of amides is 1. The van der Waals surface area contributed by atoms with Gasteiger partial charge in [-0.1, -0.05) is 47.5 Å². The van der Waals surface area contributed by atoms with Crippen LogP contribution < -0.4 is 20.1 Å². The van der Waals surface area contributed by atoms with E-state index in [2.05, 4.69) is 15.5 Å². The normalized spacial score (nSPS) is 23.0. The number of piperazine rings is 1. The third-order valence-electron chi connectivity index (χ3n) is 7.82. The van der Waals surface area contributed by atoms with Crippen LogP contribution in [-0.2, 0) is 10.5 Å². The van der Waals surface area contributed by atoms with Gasteiger partial charge in [-0.2, -0.15) is 0 Å². The molecular formula is C31H36Cl2N4O4. The first-order chi connectivity index (χ1) is 19.9. The molecule has 2 saturated heterocycles. The van der Waals surface area contributed by atoms with Crippen molar-refractivity contribution >= 4 is 29.1 Å². The minimum Gasteiger partial charge on any atom is -0.497 e. The van der Waals surface area contributed by atoms with E-state index >= 15 is 0 Å². The molecule has 2 unspecified atom stereocenters. The fourth-order valence-corrected chi connectivity index (χ4v) is 5.98. The number of nitrogens with one attached hydrogen (secondary N) is 2. The minimum atomic E-state index is -1.31. The largest absolute Gasteiger partial charge is 0.497 e. The lowest BCUT2D eigenvalue weighted by Gasteiger charge is -2.40. The first-order valence-electron chi connectivity index (χ1n) is 13.9. The van der Waals surface area contributed by atoms with Crippen molar-refractivity contribution in [3.63, 3.8) is 0 Å². The molecule has 0 aliphatic carbocycles. The molecule has 2 heterocycles. The molecule has 3 aromatic rings. The highest BCUT2D eigenvalue weighted by atomic mass is 35.5. The van der Waals surface area contributed by atoms with Crippen LogP contribution >= 0.6 is 23.2 Å². The lowest BCUT2D eigenvalue weighted by atomic mass is 9.95. The predicted octanol–water partition coefficient (Wildman–Crippen LogP) is 4.37. The van der Waals surface area contributed by atoms with Crippen molar-refractivity contribution in [2.75, 3.05) is 53.0 Å². The number of aliphatic hydroxyl groups excluding tert-OH is 1. The maximum Gasteiger partial charge on any atom is 0.262 e. The Labute approximate surface area is 251 Å². The summed E-state index contributed by atoms with van der Waals surface area (Å²) in [5.74, 6) is 1.10. The van der Waals surface area contributed by atoms with E-state index in [1.165, 1.54) is 0 Å². The topological polar surface area (TPSA) is 86.3 Å². The number of ether oxygens (including phenoxy) is 2. The van der Waals surface area contributed by atoms with Gasteiger partial charge in [-0.05, 0) is 54.4 Å². The Bertz CT molecular complexity index is 1280. The number of carbonyl (C=O) groups excluding carboxylic acids is 1. The first-order valence-corrected chi connectivity index (χ1v) is 14.6. The van der Waals surface area contributed by atoms with E-state index in [0.29, 0.717) is 66.4 Å². The summed E-state index contributed by atoms with van der Waals surface area (Å²) in [5, 5.41) is 18.2. The molecule has 0 saturated carbocycles. The van der Waals surface area contributed by atoms with Crippen LogP contribution in [0.4, 0.5) is 0 Å². The van der Waals surface area contributed by atoms with Crippen LogP contribution in [0, 0.1) is 0 Å². The van der Waals surface area contributed by atoms with E-state index in [1.54, 1.807) is 7.11 Å². The summed E-state index contributed by atoms with van der Waals surface area (Å²) in [5.41, 5.74) is 1.33. The molecule has 0 aromatic heterocycles. The molecule has 1 amide bonds. The maximum atomic E-state index is 14.8. The van der Waals surface area contributed by atoms with Crippen molar-refractivity contribution < 1.29 is 19.4 Å². The molecule has 2 atom stereocenters. The van der Waals surface area contributed by atoms with Gasteiger partial charge in [0.15, 0.2) is 5.66 Å². The van der Waals surface area contributed by atoms with E-state index in [9.17, 15) is 9.90 Å². The van der Waals surface area contributed by atoms with Gasteiger partial charge in [-0.3, -0.25) is 20.3 Å². The van der Waals surface area contributed by atoms with Gasteiger partial charge in [-0.15, -0.1) is 0 Å². The molecule has 41 heavy (non-hydrogen) atoms. The van der Waals surface area contributed by atoms with Crippen molar-refractivity contribution in [2.45, 2.75) is 24.7 Å². The second kappa shape index (κ2) is 13.0. The van der Waals surface area contributed by atoms with Crippen LogP contribution in [0.1, 0.15) is 35.7 Å². The first kappa shape index (κ1) is 29.6. The number of rotatable bonds is 9. The highest BCUT2D eigenvalue weighted by Gasteiger charge is 2.54. The Morgan fingerprint density at radius 2 is 1.49 bits per heavy atom. The van der Waals surface area contributed by atoms with Crippen LogP contribution in [0.3, 0.4) is 0 Å². The smallest absolute Gasteiger partial charge is 0.262 e. The molecule has 2 aliphatic heterocycles. The number of hydrogen-bond acceptors (Lipinski definition) is 7. The molecule has 3 N–H and O–H groups in total. The molecule has 5 rings (SSSR count). The van der Waals surface area contributed by atoms with Gasteiger partial charge < -0.3 is 19.5 Å². The summed E-state index contributed by atoms with van der Waals surface area (Å²) in [4.78, 5) is 18.8. The summed E-state index contributed by atoms with van der Waals surface area (Å²) >= 11 is 12.5. The average molecular weight is 600 g/mol. The number of benzene rings is 3. The fourth-order valence-electron chi connectivity index (χ4n) is 5.73. The molecule has 0 radical (unpaired) electrons. The van der Waals surface area contributed by atoms with E-state index in [0.717, 1.165) is 11.1 Å². The van der Waals surface area contributed by atoms with Crippen LogP contribution in [0.25, 0.3) is 0 Å². The number of nitrogens with zero attached hydrogens (tertiary/aromatic N) is 2. The van der Waals surface area contributed by atoms with Gasteiger partial charge in [-0.25, -0.2) is 0 Å². The van der Waals surface area contributed by atoms with Gasteiger partial charge in [0.2, 0.25) is 0 Å². The average Bonchev–Trinajstić information content (AvgIpc) is 3.40. The van der Waals surface area contributed by atoms with Gasteiger partial charge in [0.1, 0.15) is 11.5 Å². The fraction of sp³-hybridized carbons (Fsp3) is 0.387. The molecule has 2 aliphatic rings. The third kappa shape index (κ3) is 6.18. The molecule has 2 fully saturated rings. The van der Waals surface area contributed by atoms with Crippen molar-refractivity contribution in [1.82, 2.24) is 20.4 Å². The van der Waals surface area contributed by atoms with Crippen molar-refractivity contribution in [3.8, 4) is 11.5 Å². The van der Waals surface area contributed by atoms with Crippen LogP contribution in [0.5, 0.6) is 11.5 Å². The summed E-state index contributed by atoms with van der Waals surface area (Å²) in [7, 11) is 1.61. The summed E-state index contributed by atoms with van der Waals surface area (Å²) < 4.78 is 11.6. The molecule has 10 heteroatoms. The highest BCUT2D eigenvalue weighted by molar-refractivity contribution is 6.30. The standard InChI is InChI=1S/C31H36Cl2N4O4/c1-3-41-27-20-25(40-2)12-13-26(27)31(30(39)37-16-14-36(15-17-37)18-19-38)34-28(21-4-8-23(32)9-5-21)29(35-31)22-6-10-24(33)11-7-22/h4-13,20,28-29,34-35,38H,3,14-19H2,1-2H3. The molecule has 0 bridgehead atoms. The Morgan fingerprint density at radius 3 is 1.98 bits per heavy atom. The zero-order chi connectivity index (χ0) is 29.0. The van der Waals surface area contributed by atoms with Crippen molar-refractivity contribution in [2.24, 2.45) is 0 Å². The molecule has 218 valence electrons. The number of methoxy groups -OCH3 is 1. The van der Waals surface area contributed by atoms with Crippen molar-refractivity contribution in [3.05, 3.63) is 93.5 Å². The van der Waals surface area contributed by atoms with Crippen LogP contribution in [0.2, 0.25) is 10.0 Å². The third-order valence-corrected chi connectivity index (χ3v) is 8.33.